The Morgan fingerprint density at radius 2 is 2.12 bits per heavy atom. The van der Waals surface area contributed by atoms with Crippen LogP contribution in [0.5, 0.6) is 0 Å². The molecule has 6 heteroatoms. The first-order chi connectivity index (χ1) is 8.04. The highest BCUT2D eigenvalue weighted by molar-refractivity contribution is 6.45. The number of amides is 3. The molecule has 1 aromatic carbocycles. The summed E-state index contributed by atoms with van der Waals surface area (Å²) in [6, 6.07) is 5.10. The van der Waals surface area contributed by atoms with Crippen molar-refractivity contribution in [3.63, 3.8) is 0 Å². The van der Waals surface area contributed by atoms with Crippen molar-refractivity contribution in [1.82, 2.24) is 0 Å². The Balaban J connectivity index is 2.44. The molecule has 0 spiro atoms. The zero-order valence-electron chi connectivity index (χ0n) is 9.19. The number of primary amides is 1. The third-order valence-corrected chi connectivity index (χ3v) is 2.61. The minimum Gasteiger partial charge on any atom is -0.388 e. The van der Waals surface area contributed by atoms with Crippen LogP contribution in [0.25, 0.3) is 0 Å². The standard InChI is InChI=1S/C11H11N3O3/c1-13-7-2-3-8-6(4-7)5-9(15)14(8)11(17)10(12)16/h2-4,13H,5H2,1H3,(H2,12,16). The number of rotatable bonds is 1. The van der Waals surface area contributed by atoms with E-state index in [0.717, 1.165) is 10.6 Å². The van der Waals surface area contributed by atoms with E-state index in [2.05, 4.69) is 5.32 Å². The van der Waals surface area contributed by atoms with Crippen molar-refractivity contribution in [3.8, 4) is 0 Å². The van der Waals surface area contributed by atoms with Gasteiger partial charge < -0.3 is 11.1 Å². The predicted octanol–water partition coefficient (Wildman–Crippen LogP) is -0.371. The maximum atomic E-state index is 11.7. The summed E-state index contributed by atoms with van der Waals surface area (Å²) in [6.45, 7) is 0. The zero-order chi connectivity index (χ0) is 12.6. The van der Waals surface area contributed by atoms with Gasteiger partial charge in [0.1, 0.15) is 0 Å². The lowest BCUT2D eigenvalue weighted by atomic mass is 10.1. The molecule has 1 aromatic rings. The van der Waals surface area contributed by atoms with E-state index in [1.165, 1.54) is 0 Å². The molecule has 2 rings (SSSR count). The lowest BCUT2D eigenvalue weighted by molar-refractivity contribution is -0.137. The van der Waals surface area contributed by atoms with E-state index < -0.39 is 17.7 Å². The van der Waals surface area contributed by atoms with Crippen LogP contribution >= 0.6 is 0 Å². The van der Waals surface area contributed by atoms with Gasteiger partial charge in [0.05, 0.1) is 12.1 Å². The maximum Gasteiger partial charge on any atom is 0.322 e. The Kier molecular flexibility index (Phi) is 2.55. The molecule has 88 valence electrons. The molecular formula is C11H11N3O3. The van der Waals surface area contributed by atoms with Crippen molar-refractivity contribution in [2.75, 3.05) is 17.3 Å². The number of nitrogens with two attached hydrogens (primary N) is 1. The number of fused-ring (bicyclic) bond motifs is 1. The van der Waals surface area contributed by atoms with Gasteiger partial charge in [-0.25, -0.2) is 4.90 Å². The molecule has 0 saturated heterocycles. The van der Waals surface area contributed by atoms with Crippen molar-refractivity contribution >= 4 is 29.1 Å². The topological polar surface area (TPSA) is 92.5 Å². The number of nitrogens with zero attached hydrogens (tertiary/aromatic N) is 1. The molecule has 6 nitrogen and oxygen atoms in total. The average molecular weight is 233 g/mol. The maximum absolute atomic E-state index is 11.7. The van der Waals surface area contributed by atoms with Crippen molar-refractivity contribution < 1.29 is 14.4 Å². The largest absolute Gasteiger partial charge is 0.388 e. The summed E-state index contributed by atoms with van der Waals surface area (Å²) in [5, 5.41) is 2.93. The number of carbonyl (C=O) groups is 3. The first-order valence-electron chi connectivity index (χ1n) is 5.02. The van der Waals surface area contributed by atoms with Crippen LogP contribution in [0.15, 0.2) is 18.2 Å². The molecule has 0 atom stereocenters. The number of imide groups is 1. The summed E-state index contributed by atoms with van der Waals surface area (Å²) in [4.78, 5) is 34.8. The third-order valence-electron chi connectivity index (χ3n) is 2.61. The molecule has 1 heterocycles. The Morgan fingerprint density at radius 1 is 1.41 bits per heavy atom. The summed E-state index contributed by atoms with van der Waals surface area (Å²) in [5.41, 5.74) is 6.87. The Morgan fingerprint density at radius 3 is 2.71 bits per heavy atom. The second-order valence-corrected chi connectivity index (χ2v) is 3.67. The summed E-state index contributed by atoms with van der Waals surface area (Å²) < 4.78 is 0. The fourth-order valence-electron chi connectivity index (χ4n) is 1.81. The van der Waals surface area contributed by atoms with Crippen LogP contribution in [0.1, 0.15) is 5.56 Å². The summed E-state index contributed by atoms with van der Waals surface area (Å²) in [7, 11) is 1.75. The smallest absolute Gasteiger partial charge is 0.322 e. The van der Waals surface area contributed by atoms with Crippen LogP contribution in [-0.4, -0.2) is 24.8 Å². The first-order valence-corrected chi connectivity index (χ1v) is 5.02. The summed E-state index contributed by atoms with van der Waals surface area (Å²) >= 11 is 0. The number of carbonyl (C=O) groups excluding carboxylic acids is 3. The molecule has 0 saturated carbocycles. The minimum absolute atomic E-state index is 0.101. The van der Waals surface area contributed by atoms with E-state index in [1.807, 2.05) is 0 Å². The van der Waals surface area contributed by atoms with Gasteiger partial charge in [-0.2, -0.15) is 0 Å². The van der Waals surface area contributed by atoms with Gasteiger partial charge in [0.15, 0.2) is 0 Å². The fourth-order valence-corrected chi connectivity index (χ4v) is 1.81. The lowest BCUT2D eigenvalue weighted by Gasteiger charge is -2.13. The second kappa shape index (κ2) is 3.89. The normalized spacial score (nSPS) is 13.5. The number of benzene rings is 1. The molecule has 3 amide bonds. The molecule has 0 aliphatic carbocycles. The molecule has 0 aromatic heterocycles. The number of hydrogen-bond acceptors (Lipinski definition) is 4. The number of anilines is 2. The van der Waals surface area contributed by atoms with Crippen LogP contribution in [-0.2, 0) is 20.8 Å². The van der Waals surface area contributed by atoms with E-state index in [4.69, 9.17) is 5.73 Å². The van der Waals surface area contributed by atoms with E-state index in [-0.39, 0.29) is 6.42 Å². The number of hydrogen-bond donors (Lipinski definition) is 2. The molecule has 0 bridgehead atoms. The molecule has 1 aliphatic rings. The highest BCUT2D eigenvalue weighted by atomic mass is 16.2. The van der Waals surface area contributed by atoms with Crippen LogP contribution in [0.2, 0.25) is 0 Å². The summed E-state index contributed by atoms with van der Waals surface area (Å²) in [5.74, 6) is -2.56. The molecule has 0 unspecified atom stereocenters. The van der Waals surface area contributed by atoms with Gasteiger partial charge in [-0.1, -0.05) is 0 Å². The molecule has 3 N–H and O–H groups in total. The van der Waals surface area contributed by atoms with Crippen LogP contribution < -0.4 is 16.0 Å². The highest BCUT2D eigenvalue weighted by Crippen LogP contribution is 2.31. The molecule has 1 aliphatic heterocycles. The third kappa shape index (κ3) is 1.73. The van der Waals surface area contributed by atoms with Crippen molar-refractivity contribution in [2.45, 2.75) is 6.42 Å². The molecule has 17 heavy (non-hydrogen) atoms. The van der Waals surface area contributed by atoms with Gasteiger partial charge >= 0.3 is 11.8 Å². The predicted molar refractivity (Wildman–Crippen MR) is 61.4 cm³/mol. The Labute approximate surface area is 97.4 Å². The van der Waals surface area contributed by atoms with E-state index in [9.17, 15) is 14.4 Å². The van der Waals surface area contributed by atoms with Gasteiger partial charge in [0.2, 0.25) is 5.91 Å². The van der Waals surface area contributed by atoms with E-state index in [0.29, 0.717) is 11.3 Å². The molecule has 0 fully saturated rings. The molecular weight excluding hydrogens is 222 g/mol. The van der Waals surface area contributed by atoms with Gasteiger partial charge in [-0.05, 0) is 23.8 Å². The van der Waals surface area contributed by atoms with Gasteiger partial charge in [0.25, 0.3) is 0 Å². The zero-order valence-corrected chi connectivity index (χ0v) is 9.19. The number of nitrogens with one attached hydrogen (secondary N) is 1. The lowest BCUT2D eigenvalue weighted by Crippen LogP contribution is -2.42. The van der Waals surface area contributed by atoms with Gasteiger partial charge in [-0.3, -0.25) is 14.4 Å². The van der Waals surface area contributed by atoms with Crippen LogP contribution in [0, 0.1) is 0 Å². The average Bonchev–Trinajstić information content (AvgIpc) is 2.62. The second-order valence-electron chi connectivity index (χ2n) is 3.67. The molecule has 0 radical (unpaired) electrons. The van der Waals surface area contributed by atoms with Crippen molar-refractivity contribution in [1.29, 1.82) is 0 Å². The van der Waals surface area contributed by atoms with E-state index >= 15 is 0 Å². The fraction of sp³-hybridized carbons (Fsp3) is 0.182. The van der Waals surface area contributed by atoms with Crippen LogP contribution in [0.4, 0.5) is 11.4 Å². The SMILES string of the molecule is CNc1ccc2c(c1)CC(=O)N2C(=O)C(N)=O. The first kappa shape index (κ1) is 11.1. The van der Waals surface area contributed by atoms with Gasteiger partial charge in [-0.15, -0.1) is 0 Å². The van der Waals surface area contributed by atoms with E-state index in [1.54, 1.807) is 25.2 Å². The van der Waals surface area contributed by atoms with Crippen LogP contribution in [0.3, 0.4) is 0 Å². The Bertz CT molecular complexity index is 525. The highest BCUT2D eigenvalue weighted by Gasteiger charge is 2.34. The monoisotopic (exact) mass is 233 g/mol. The summed E-state index contributed by atoms with van der Waals surface area (Å²) in [6.07, 6.45) is 0.101. The van der Waals surface area contributed by atoms with Crippen molar-refractivity contribution in [3.05, 3.63) is 23.8 Å². The van der Waals surface area contributed by atoms with Crippen molar-refractivity contribution in [2.24, 2.45) is 5.73 Å². The Hall–Kier alpha value is -2.37. The quantitative estimate of drug-likeness (QED) is 0.647. The minimum atomic E-state index is -1.14. The van der Waals surface area contributed by atoms with Gasteiger partial charge in [0, 0.05) is 12.7 Å².